The second-order valence-electron chi connectivity index (χ2n) is 4.84. The Bertz CT molecular complexity index is 572. The lowest BCUT2D eigenvalue weighted by Crippen LogP contribution is -2.52. The molecule has 1 fully saturated rings. The van der Waals surface area contributed by atoms with Gasteiger partial charge in [-0.05, 0) is 13.1 Å². The van der Waals surface area contributed by atoms with E-state index in [9.17, 15) is 19.3 Å². The van der Waals surface area contributed by atoms with Gasteiger partial charge in [0.25, 0.3) is 11.6 Å². The molecule has 21 heavy (non-hydrogen) atoms. The van der Waals surface area contributed by atoms with Crippen molar-refractivity contribution in [1.82, 2.24) is 15.3 Å². The number of nitrogens with two attached hydrogens (primary N) is 1. The molecular formula is C12H16FN5O3. The normalized spacial score (nSPS) is 16.7. The zero-order valence-corrected chi connectivity index (χ0v) is 11.5. The summed E-state index contributed by atoms with van der Waals surface area (Å²) in [5.41, 5.74) is 6.62. The van der Waals surface area contributed by atoms with Crippen molar-refractivity contribution < 1.29 is 14.1 Å². The van der Waals surface area contributed by atoms with E-state index in [1.807, 2.05) is 7.05 Å². The summed E-state index contributed by atoms with van der Waals surface area (Å²) in [5.74, 6) is -1.66. The third-order valence-corrected chi connectivity index (χ3v) is 3.36. The van der Waals surface area contributed by atoms with Crippen LogP contribution in [0.1, 0.15) is 10.4 Å². The Morgan fingerprint density at radius 3 is 2.57 bits per heavy atom. The molecule has 1 aromatic carbocycles. The number of carbonyl (C=O) groups excluding carboxylic acids is 1. The summed E-state index contributed by atoms with van der Waals surface area (Å²) in [6.07, 6.45) is 0. The number of amides is 1. The number of likely N-dealkylation sites (N-methyl/N-ethyl adjacent to an activating group) is 1. The first-order chi connectivity index (χ1) is 9.90. The molecule has 1 saturated heterocycles. The van der Waals surface area contributed by atoms with Crippen molar-refractivity contribution in [3.05, 3.63) is 33.6 Å². The molecule has 3 N–H and O–H groups in total. The maximum absolute atomic E-state index is 13.8. The van der Waals surface area contributed by atoms with Gasteiger partial charge >= 0.3 is 0 Å². The average Bonchev–Trinajstić information content (AvgIpc) is 2.41. The molecule has 1 aliphatic rings. The van der Waals surface area contributed by atoms with Gasteiger partial charge in [0, 0.05) is 32.2 Å². The summed E-state index contributed by atoms with van der Waals surface area (Å²) in [7, 11) is 1.96. The first-order valence-electron chi connectivity index (χ1n) is 6.37. The lowest BCUT2D eigenvalue weighted by molar-refractivity contribution is -0.384. The van der Waals surface area contributed by atoms with Crippen LogP contribution in [-0.2, 0) is 0 Å². The molecular weight excluding hydrogens is 281 g/mol. The van der Waals surface area contributed by atoms with Crippen LogP contribution in [0.3, 0.4) is 0 Å². The van der Waals surface area contributed by atoms with Gasteiger partial charge in [0.15, 0.2) is 0 Å². The van der Waals surface area contributed by atoms with Gasteiger partial charge < -0.3 is 10.6 Å². The van der Waals surface area contributed by atoms with Crippen molar-refractivity contribution in [2.45, 2.75) is 0 Å². The minimum atomic E-state index is -0.885. The fourth-order valence-corrected chi connectivity index (χ4v) is 2.09. The molecule has 0 unspecified atom stereocenters. The zero-order chi connectivity index (χ0) is 15.6. The fourth-order valence-electron chi connectivity index (χ4n) is 2.09. The summed E-state index contributed by atoms with van der Waals surface area (Å²) in [5, 5.41) is 12.4. The first kappa shape index (κ1) is 15.1. The van der Waals surface area contributed by atoms with Gasteiger partial charge in [0.05, 0.1) is 4.92 Å². The molecule has 1 amide bonds. The van der Waals surface area contributed by atoms with Gasteiger partial charge in [-0.25, -0.2) is 9.40 Å². The van der Waals surface area contributed by atoms with E-state index in [1.54, 1.807) is 5.01 Å². The lowest BCUT2D eigenvalue weighted by atomic mass is 10.1. The zero-order valence-electron chi connectivity index (χ0n) is 11.5. The van der Waals surface area contributed by atoms with Crippen LogP contribution in [0.25, 0.3) is 0 Å². The molecule has 1 heterocycles. The van der Waals surface area contributed by atoms with Crippen molar-refractivity contribution in [1.29, 1.82) is 0 Å². The summed E-state index contributed by atoms with van der Waals surface area (Å²) in [6, 6.07) is 1.81. The minimum Gasteiger partial charge on any atom is -0.392 e. The monoisotopic (exact) mass is 297 g/mol. The Labute approximate surface area is 120 Å². The number of nitro benzene ring substituents is 1. The van der Waals surface area contributed by atoms with E-state index in [0.717, 1.165) is 25.2 Å². The van der Waals surface area contributed by atoms with Gasteiger partial charge in [-0.1, -0.05) is 0 Å². The number of benzene rings is 1. The van der Waals surface area contributed by atoms with Crippen LogP contribution in [0.4, 0.5) is 15.8 Å². The third-order valence-electron chi connectivity index (χ3n) is 3.36. The Morgan fingerprint density at radius 2 is 2.00 bits per heavy atom. The number of nitrogen functional groups attached to an aromatic ring is 1. The van der Waals surface area contributed by atoms with Crippen molar-refractivity contribution in [2.75, 3.05) is 39.0 Å². The molecule has 0 saturated carbocycles. The van der Waals surface area contributed by atoms with E-state index in [4.69, 9.17) is 5.73 Å². The number of rotatable bonds is 3. The number of hydrogen-bond donors (Lipinski definition) is 2. The van der Waals surface area contributed by atoms with E-state index >= 15 is 0 Å². The van der Waals surface area contributed by atoms with Crippen molar-refractivity contribution in [3.63, 3.8) is 0 Å². The largest absolute Gasteiger partial charge is 0.392 e. The fraction of sp³-hybridized carbons (Fsp3) is 0.417. The maximum atomic E-state index is 13.8. The molecule has 1 aromatic rings. The number of hydrazine groups is 1. The van der Waals surface area contributed by atoms with E-state index in [-0.39, 0.29) is 0 Å². The molecule has 0 spiro atoms. The van der Waals surface area contributed by atoms with Crippen LogP contribution < -0.4 is 11.2 Å². The minimum absolute atomic E-state index is 0.466. The number of nitrogens with one attached hydrogen (secondary N) is 1. The molecule has 2 rings (SSSR count). The Balaban J connectivity index is 2.19. The highest BCUT2D eigenvalue weighted by Gasteiger charge is 2.25. The number of nitro groups is 1. The van der Waals surface area contributed by atoms with Gasteiger partial charge in [0.2, 0.25) is 0 Å². The highest BCUT2D eigenvalue weighted by Crippen LogP contribution is 2.27. The van der Waals surface area contributed by atoms with E-state index in [1.165, 1.54) is 0 Å². The SMILES string of the molecule is CN1CCN(NC(=O)c2c(F)ccc([N+](=O)[O-])c2N)CC1. The molecule has 0 aromatic heterocycles. The third kappa shape index (κ3) is 3.26. The lowest BCUT2D eigenvalue weighted by Gasteiger charge is -2.32. The Kier molecular flexibility index (Phi) is 4.34. The van der Waals surface area contributed by atoms with Gasteiger partial charge in [0.1, 0.15) is 17.1 Å². The van der Waals surface area contributed by atoms with Crippen LogP contribution in [0.15, 0.2) is 12.1 Å². The van der Waals surface area contributed by atoms with Crippen LogP contribution in [0.2, 0.25) is 0 Å². The van der Waals surface area contributed by atoms with Crippen LogP contribution in [0, 0.1) is 15.9 Å². The quantitative estimate of drug-likeness (QED) is 0.469. The van der Waals surface area contributed by atoms with Crippen molar-refractivity contribution in [3.8, 4) is 0 Å². The van der Waals surface area contributed by atoms with Gasteiger partial charge in [-0.2, -0.15) is 0 Å². The van der Waals surface area contributed by atoms with Crippen LogP contribution >= 0.6 is 0 Å². The topological polar surface area (TPSA) is 105 Å². The number of hydrogen-bond acceptors (Lipinski definition) is 6. The highest BCUT2D eigenvalue weighted by molar-refractivity contribution is 6.01. The predicted molar refractivity (Wildman–Crippen MR) is 74.0 cm³/mol. The molecule has 8 nitrogen and oxygen atoms in total. The van der Waals surface area contributed by atoms with Crippen molar-refractivity contribution >= 4 is 17.3 Å². The summed E-state index contributed by atoms with van der Waals surface area (Å²) < 4.78 is 13.8. The van der Waals surface area contributed by atoms with E-state index in [2.05, 4.69) is 10.3 Å². The maximum Gasteiger partial charge on any atom is 0.293 e. The predicted octanol–water partition coefficient (Wildman–Crippen LogP) is 0.208. The van der Waals surface area contributed by atoms with Crippen molar-refractivity contribution in [2.24, 2.45) is 0 Å². The molecule has 0 aliphatic carbocycles. The Hall–Kier alpha value is -2.26. The van der Waals surface area contributed by atoms with Gasteiger partial charge in [-0.3, -0.25) is 20.3 Å². The molecule has 114 valence electrons. The molecule has 1 aliphatic heterocycles. The number of carbonyl (C=O) groups is 1. The number of anilines is 1. The second kappa shape index (κ2) is 6.02. The summed E-state index contributed by atoms with van der Waals surface area (Å²) >= 11 is 0. The molecule has 0 radical (unpaired) electrons. The van der Waals surface area contributed by atoms with Crippen LogP contribution in [-0.4, -0.2) is 54.0 Å². The molecule has 0 atom stereocenters. The number of nitrogens with zero attached hydrogens (tertiary/aromatic N) is 3. The average molecular weight is 297 g/mol. The number of halogens is 1. The summed E-state index contributed by atoms with van der Waals surface area (Å²) in [4.78, 5) is 24.2. The highest BCUT2D eigenvalue weighted by atomic mass is 19.1. The first-order valence-corrected chi connectivity index (χ1v) is 6.37. The van der Waals surface area contributed by atoms with E-state index in [0.29, 0.717) is 13.1 Å². The number of piperazine rings is 1. The van der Waals surface area contributed by atoms with Crippen LogP contribution in [0.5, 0.6) is 0 Å². The molecule has 0 bridgehead atoms. The van der Waals surface area contributed by atoms with E-state index < -0.39 is 33.6 Å². The van der Waals surface area contributed by atoms with Gasteiger partial charge in [-0.15, -0.1) is 0 Å². The smallest absolute Gasteiger partial charge is 0.293 e. The molecule has 9 heteroatoms. The Morgan fingerprint density at radius 1 is 1.38 bits per heavy atom. The summed E-state index contributed by atoms with van der Waals surface area (Å²) in [6.45, 7) is 2.68. The second-order valence-corrected chi connectivity index (χ2v) is 4.84. The standard InChI is InChI=1S/C12H16FN5O3/c1-16-4-6-17(7-5-16)15-12(19)10-8(13)2-3-9(11(10)14)18(20)21/h2-3H,4-7,14H2,1H3,(H,15,19).